The Morgan fingerprint density at radius 1 is 1.00 bits per heavy atom. The fourth-order valence-electron chi connectivity index (χ4n) is 4.60. The molecule has 3 aromatic rings. The molecule has 1 N–H and O–H groups in total. The average Bonchev–Trinajstić information content (AvgIpc) is 2.87. The average molecular weight is 543 g/mol. The highest BCUT2D eigenvalue weighted by molar-refractivity contribution is 5.86. The van der Waals surface area contributed by atoms with Crippen LogP contribution in [-0.4, -0.2) is 60.9 Å². The lowest BCUT2D eigenvalue weighted by Gasteiger charge is -2.32. The zero-order chi connectivity index (χ0) is 23.5. The van der Waals surface area contributed by atoms with Gasteiger partial charge in [0.25, 0.3) is 0 Å². The van der Waals surface area contributed by atoms with Crippen LogP contribution in [0.2, 0.25) is 0 Å². The van der Waals surface area contributed by atoms with Crippen LogP contribution in [0, 0.1) is 11.6 Å². The predicted molar refractivity (Wildman–Crippen MR) is 138 cm³/mol. The summed E-state index contributed by atoms with van der Waals surface area (Å²) in [6, 6.07) is 5.26. The van der Waals surface area contributed by atoms with E-state index in [9.17, 15) is 8.78 Å². The minimum atomic E-state index is -0.505. The van der Waals surface area contributed by atoms with Crippen LogP contribution in [0.3, 0.4) is 0 Å². The molecular formula is C25H30Cl2F2N4O3. The molecule has 0 atom stereocenters. The molecule has 2 aromatic heterocycles. The number of fused-ring (bicyclic) bond motifs is 2. The summed E-state index contributed by atoms with van der Waals surface area (Å²) in [6.45, 7) is 4.31. The maximum Gasteiger partial charge on any atom is 0.179 e. The summed E-state index contributed by atoms with van der Waals surface area (Å²) in [4.78, 5) is 10.7. The molecule has 7 nitrogen and oxygen atoms in total. The summed E-state index contributed by atoms with van der Waals surface area (Å²) >= 11 is 0. The molecule has 0 radical (unpaired) electrons. The molecule has 2 aliphatic rings. The van der Waals surface area contributed by atoms with Gasteiger partial charge < -0.3 is 24.4 Å². The van der Waals surface area contributed by atoms with Crippen LogP contribution in [0.4, 0.5) is 8.78 Å². The zero-order valence-electron chi connectivity index (χ0n) is 20.0. The first-order valence-corrected chi connectivity index (χ1v) is 11.6. The Morgan fingerprint density at radius 2 is 1.75 bits per heavy atom. The summed E-state index contributed by atoms with van der Waals surface area (Å²) in [6.07, 6.45) is 5.29. The van der Waals surface area contributed by atoms with Gasteiger partial charge in [0.05, 0.1) is 25.2 Å². The number of ether oxygens (including phenoxy) is 3. The van der Waals surface area contributed by atoms with Crippen molar-refractivity contribution in [1.29, 1.82) is 0 Å². The monoisotopic (exact) mass is 542 g/mol. The number of aromatic nitrogens is 2. The number of nitrogens with one attached hydrogen (secondary N) is 1. The van der Waals surface area contributed by atoms with E-state index in [0.717, 1.165) is 43.6 Å². The number of hydrogen-bond acceptors (Lipinski definition) is 7. The van der Waals surface area contributed by atoms with Crippen LogP contribution in [0.5, 0.6) is 17.2 Å². The van der Waals surface area contributed by atoms with Crippen molar-refractivity contribution in [2.24, 2.45) is 0 Å². The van der Waals surface area contributed by atoms with Crippen molar-refractivity contribution in [1.82, 2.24) is 20.2 Å². The normalized spacial score (nSPS) is 15.8. The maximum absolute atomic E-state index is 14.6. The Kier molecular flexibility index (Phi) is 9.90. The molecule has 0 spiro atoms. The Morgan fingerprint density at radius 3 is 2.50 bits per heavy atom. The van der Waals surface area contributed by atoms with E-state index in [0.29, 0.717) is 61.2 Å². The highest BCUT2D eigenvalue weighted by Crippen LogP contribution is 2.30. The number of rotatable bonds is 7. The van der Waals surface area contributed by atoms with Crippen molar-refractivity contribution in [3.63, 3.8) is 0 Å². The molecule has 36 heavy (non-hydrogen) atoms. The fourth-order valence-corrected chi connectivity index (χ4v) is 4.60. The third-order valence-corrected chi connectivity index (χ3v) is 6.52. The number of likely N-dealkylation sites (tertiary alicyclic amines) is 1. The molecule has 4 heterocycles. The summed E-state index contributed by atoms with van der Waals surface area (Å²) in [5.74, 6) is 0.890. The second-order valence-electron chi connectivity index (χ2n) is 8.66. The fraction of sp³-hybridized carbons (Fsp3) is 0.440. The minimum absolute atomic E-state index is 0. The van der Waals surface area contributed by atoms with E-state index >= 15 is 0 Å². The molecule has 0 saturated carbocycles. The molecule has 2 aliphatic heterocycles. The number of nitrogens with zero attached hydrogens (tertiary/aromatic N) is 3. The molecule has 5 rings (SSSR count). The smallest absolute Gasteiger partial charge is 0.179 e. The van der Waals surface area contributed by atoms with Crippen molar-refractivity contribution in [3.05, 3.63) is 53.5 Å². The first kappa shape index (κ1) is 28.1. The molecule has 0 aliphatic carbocycles. The Bertz CT molecular complexity index is 1180. The van der Waals surface area contributed by atoms with Crippen LogP contribution in [0.25, 0.3) is 10.9 Å². The minimum Gasteiger partial charge on any atom is -0.497 e. The van der Waals surface area contributed by atoms with Crippen molar-refractivity contribution < 1.29 is 23.0 Å². The third kappa shape index (κ3) is 6.26. The summed E-state index contributed by atoms with van der Waals surface area (Å²) < 4.78 is 45.3. The first-order valence-electron chi connectivity index (χ1n) is 11.6. The number of halogens is 4. The van der Waals surface area contributed by atoms with Gasteiger partial charge in [-0.2, -0.15) is 0 Å². The zero-order valence-corrected chi connectivity index (χ0v) is 21.6. The number of piperidine rings is 1. The van der Waals surface area contributed by atoms with E-state index in [1.807, 2.05) is 6.07 Å². The lowest BCUT2D eigenvalue weighted by Crippen LogP contribution is -2.43. The number of pyridine rings is 2. The van der Waals surface area contributed by atoms with Gasteiger partial charge in [-0.3, -0.25) is 9.97 Å². The van der Waals surface area contributed by atoms with Gasteiger partial charge in [0.2, 0.25) is 0 Å². The SMILES string of the molecule is COc1cc(F)c2ncc(F)c(CCN3CCC(NCc4cc5c(cn4)OCCO5)CC3)c2c1.Cl.Cl. The first-order chi connectivity index (χ1) is 16.6. The van der Waals surface area contributed by atoms with E-state index in [1.165, 1.54) is 13.2 Å². The van der Waals surface area contributed by atoms with Gasteiger partial charge >= 0.3 is 0 Å². The van der Waals surface area contributed by atoms with Crippen molar-refractivity contribution in [3.8, 4) is 17.2 Å². The molecule has 1 saturated heterocycles. The van der Waals surface area contributed by atoms with Gasteiger partial charge in [-0.05, 0) is 38.4 Å². The van der Waals surface area contributed by atoms with Crippen molar-refractivity contribution in [2.75, 3.05) is 40.0 Å². The van der Waals surface area contributed by atoms with Crippen LogP contribution in [0.15, 0.2) is 30.6 Å². The molecular weight excluding hydrogens is 513 g/mol. The van der Waals surface area contributed by atoms with E-state index in [-0.39, 0.29) is 30.3 Å². The van der Waals surface area contributed by atoms with E-state index in [1.54, 1.807) is 12.3 Å². The lowest BCUT2D eigenvalue weighted by atomic mass is 10.0. The van der Waals surface area contributed by atoms with Crippen LogP contribution in [0.1, 0.15) is 24.1 Å². The second kappa shape index (κ2) is 12.7. The van der Waals surface area contributed by atoms with Gasteiger partial charge in [0, 0.05) is 42.2 Å². The predicted octanol–water partition coefficient (Wildman–Crippen LogP) is 4.33. The molecule has 1 aromatic carbocycles. The molecule has 11 heteroatoms. The summed E-state index contributed by atoms with van der Waals surface area (Å²) in [5.41, 5.74) is 1.58. The lowest BCUT2D eigenvalue weighted by molar-refractivity contribution is 0.170. The van der Waals surface area contributed by atoms with E-state index < -0.39 is 11.6 Å². The summed E-state index contributed by atoms with van der Waals surface area (Å²) in [5, 5.41) is 4.05. The number of benzene rings is 1. The van der Waals surface area contributed by atoms with E-state index in [4.69, 9.17) is 14.2 Å². The van der Waals surface area contributed by atoms with Gasteiger partial charge in [-0.25, -0.2) is 8.78 Å². The topological polar surface area (TPSA) is 68.7 Å². The van der Waals surface area contributed by atoms with Crippen LogP contribution < -0.4 is 19.5 Å². The van der Waals surface area contributed by atoms with Gasteiger partial charge in [0.15, 0.2) is 17.3 Å². The maximum atomic E-state index is 14.6. The van der Waals surface area contributed by atoms with Crippen LogP contribution >= 0.6 is 24.8 Å². The third-order valence-electron chi connectivity index (χ3n) is 6.52. The highest BCUT2D eigenvalue weighted by atomic mass is 35.5. The van der Waals surface area contributed by atoms with Crippen LogP contribution in [-0.2, 0) is 13.0 Å². The Hall–Kier alpha value is -2.46. The van der Waals surface area contributed by atoms with Gasteiger partial charge in [0.1, 0.15) is 30.3 Å². The molecule has 0 amide bonds. The summed E-state index contributed by atoms with van der Waals surface area (Å²) in [7, 11) is 1.47. The molecule has 0 bridgehead atoms. The second-order valence-corrected chi connectivity index (χ2v) is 8.66. The Labute approximate surface area is 221 Å². The molecule has 1 fully saturated rings. The van der Waals surface area contributed by atoms with Crippen molar-refractivity contribution in [2.45, 2.75) is 31.8 Å². The molecule has 0 unspecified atom stereocenters. The highest BCUT2D eigenvalue weighted by Gasteiger charge is 2.21. The van der Waals surface area contributed by atoms with Gasteiger partial charge in [-0.1, -0.05) is 0 Å². The standard InChI is InChI=1S/C25H28F2N4O3.2ClH/c1-32-18-11-20-19(22(27)14-30-25(20)21(26)12-18)4-7-31-5-2-16(3-6-31)28-13-17-10-23-24(15-29-17)34-9-8-33-23;;/h10-12,14-16,28H,2-9,13H2,1H3;2*1H. The number of methoxy groups -OCH3 is 1. The largest absolute Gasteiger partial charge is 0.497 e. The number of hydrogen-bond donors (Lipinski definition) is 1. The van der Waals surface area contributed by atoms with Gasteiger partial charge in [-0.15, -0.1) is 24.8 Å². The molecule has 196 valence electrons. The quantitative estimate of drug-likeness (QED) is 0.476. The Balaban J connectivity index is 0.00000180. The van der Waals surface area contributed by atoms with Crippen molar-refractivity contribution >= 4 is 35.7 Å². The van der Waals surface area contributed by atoms with E-state index in [2.05, 4.69) is 20.2 Å².